The third-order valence-corrected chi connectivity index (χ3v) is 15.1. The van der Waals surface area contributed by atoms with Crippen LogP contribution in [0.5, 0.6) is 0 Å². The molecular weight excluding hydrogens is 481 g/mol. The number of benzene rings is 2. The van der Waals surface area contributed by atoms with Crippen LogP contribution in [0.1, 0.15) is 14.8 Å². The summed E-state index contributed by atoms with van der Waals surface area (Å²) in [5.74, 6) is 0. The predicted molar refractivity (Wildman–Crippen MR) is 88.5 cm³/mol. The molecular formula is C14H16Cl3HfSi. The van der Waals surface area contributed by atoms with E-state index >= 15 is 0 Å². The van der Waals surface area contributed by atoms with Crippen LogP contribution >= 0.6 is 33.4 Å². The molecule has 3 rings (SSSR count). The van der Waals surface area contributed by atoms with Crippen LogP contribution in [0.3, 0.4) is 0 Å². The zero-order valence-electron chi connectivity index (χ0n) is 10.6. The minimum absolute atomic E-state index is 0. The third-order valence-electron chi connectivity index (χ3n) is 3.44. The van der Waals surface area contributed by atoms with E-state index in [-0.39, 0.29) is 24.8 Å². The van der Waals surface area contributed by atoms with E-state index in [2.05, 4.69) is 60.2 Å². The van der Waals surface area contributed by atoms with Crippen LogP contribution in [0.15, 0.2) is 48.5 Å². The van der Waals surface area contributed by atoms with E-state index in [0.29, 0.717) is 3.67 Å². The Kier molecular flexibility index (Phi) is 5.92. The molecule has 2 aromatic rings. The second kappa shape index (κ2) is 6.44. The molecule has 0 bridgehead atoms. The van der Waals surface area contributed by atoms with Crippen molar-refractivity contribution in [2.75, 3.05) is 0 Å². The average molecular weight is 497 g/mol. The molecule has 0 saturated heterocycles. The zero-order chi connectivity index (χ0) is 12.0. The van der Waals surface area contributed by atoms with Gasteiger partial charge >= 0.3 is 112 Å². The normalized spacial score (nSPS) is 15.5. The summed E-state index contributed by atoms with van der Waals surface area (Å²) in [4.78, 5) is 0. The second-order valence-corrected chi connectivity index (χ2v) is 38.9. The number of hydrogen-bond donors (Lipinski definition) is 0. The van der Waals surface area contributed by atoms with Crippen molar-refractivity contribution in [3.63, 3.8) is 0 Å². The van der Waals surface area contributed by atoms with Gasteiger partial charge in [-0.1, -0.05) is 0 Å². The van der Waals surface area contributed by atoms with Crippen LogP contribution < -0.4 is 0 Å². The Labute approximate surface area is 136 Å². The van der Waals surface area contributed by atoms with Gasteiger partial charge in [-0.25, -0.2) is 0 Å². The quantitative estimate of drug-likeness (QED) is 0.510. The van der Waals surface area contributed by atoms with Gasteiger partial charge < -0.3 is 0 Å². The first-order valence-electron chi connectivity index (χ1n) is 5.81. The summed E-state index contributed by atoms with van der Waals surface area (Å²) in [5, 5.41) is 0. The molecule has 0 fully saturated rings. The molecule has 19 heavy (non-hydrogen) atoms. The second-order valence-electron chi connectivity index (χ2n) is 4.89. The van der Waals surface area contributed by atoms with Gasteiger partial charge in [0.15, 0.2) is 0 Å². The molecule has 0 spiro atoms. The topological polar surface area (TPSA) is 0 Å². The fraction of sp³-hybridized carbons (Fsp3) is 0.143. The van der Waals surface area contributed by atoms with Crippen molar-refractivity contribution in [2.24, 2.45) is 0 Å². The summed E-state index contributed by atoms with van der Waals surface area (Å²) in [6.45, 7) is 2.09. The van der Waals surface area contributed by atoms with Gasteiger partial charge in [0.1, 0.15) is 0 Å². The van der Waals surface area contributed by atoms with Crippen LogP contribution in [0, 0.1) is 0 Å². The average Bonchev–Trinajstić information content (AvgIpc) is 2.63. The van der Waals surface area contributed by atoms with Crippen LogP contribution in [0.25, 0.3) is 11.1 Å². The third kappa shape index (κ3) is 3.03. The molecule has 0 N–H and O–H groups in total. The number of rotatable bonds is 1. The van der Waals surface area contributed by atoms with Gasteiger partial charge in [-0.15, -0.1) is 24.8 Å². The molecule has 0 aliphatic heterocycles. The molecule has 1 atom stereocenters. The summed E-state index contributed by atoms with van der Waals surface area (Å²) in [5.41, 5.74) is 5.71. The van der Waals surface area contributed by atoms with Crippen LogP contribution in [-0.4, -0.2) is 6.94 Å². The molecule has 0 aromatic heterocycles. The Morgan fingerprint density at radius 3 is 1.63 bits per heavy atom. The Morgan fingerprint density at radius 1 is 0.895 bits per heavy atom. The van der Waals surface area contributed by atoms with E-state index in [1.54, 1.807) is 0 Å². The molecule has 1 aliphatic rings. The van der Waals surface area contributed by atoms with Crippen molar-refractivity contribution in [1.82, 2.24) is 0 Å². The van der Waals surface area contributed by atoms with Gasteiger partial charge in [0, 0.05) is 0 Å². The Balaban J connectivity index is 0.000000902. The first-order chi connectivity index (χ1) is 8.09. The first kappa shape index (κ1) is 17.4. The molecule has 0 saturated carbocycles. The molecule has 1 unspecified atom stereocenters. The number of halogens is 3. The molecule has 101 valence electrons. The van der Waals surface area contributed by atoms with Gasteiger partial charge in [-0.3, -0.25) is 0 Å². The van der Waals surface area contributed by atoms with Gasteiger partial charge in [0.2, 0.25) is 0 Å². The predicted octanol–water partition coefficient (Wildman–Crippen LogP) is 4.50. The van der Waals surface area contributed by atoms with Crippen LogP contribution in [0.4, 0.5) is 0 Å². The molecule has 0 nitrogen and oxygen atoms in total. The van der Waals surface area contributed by atoms with Crippen molar-refractivity contribution in [1.29, 1.82) is 0 Å². The van der Waals surface area contributed by atoms with Crippen molar-refractivity contribution < 1.29 is 17.4 Å². The maximum atomic E-state index is 6.83. The molecule has 5 heteroatoms. The Bertz CT molecular complexity index is 591. The molecule has 0 heterocycles. The van der Waals surface area contributed by atoms with Gasteiger partial charge in [0.25, 0.3) is 0 Å². The zero-order valence-corrected chi connectivity index (χ0v) is 18.0. The van der Waals surface area contributed by atoms with E-state index in [4.69, 9.17) is 8.58 Å². The molecule has 2 aromatic carbocycles. The van der Waals surface area contributed by atoms with Gasteiger partial charge in [-0.2, -0.15) is 0 Å². The van der Waals surface area contributed by atoms with E-state index in [1.807, 2.05) is 0 Å². The Morgan fingerprint density at radius 2 is 1.26 bits per heavy atom. The van der Waals surface area contributed by atoms with Crippen LogP contribution in [-0.2, 0) is 17.4 Å². The summed E-state index contributed by atoms with van der Waals surface area (Å²) >= 11 is -2.62. The summed E-state index contributed by atoms with van der Waals surface area (Å²) in [7, 11) is 6.83. The fourth-order valence-corrected chi connectivity index (χ4v) is 14.8. The van der Waals surface area contributed by atoms with E-state index in [9.17, 15) is 0 Å². The number of hydrogen-bond acceptors (Lipinski definition) is 0. The monoisotopic (exact) mass is 497 g/mol. The van der Waals surface area contributed by atoms with E-state index in [0.717, 1.165) is 0 Å². The van der Waals surface area contributed by atoms with Crippen molar-refractivity contribution >= 4 is 40.3 Å². The summed E-state index contributed by atoms with van der Waals surface area (Å²) in [6, 6.07) is 17.5. The standard InChI is InChI=1S/C13H9.CH3.3ClH.Hf.H2Si/c1-3-7-12-10(5-1)9-11-6-2-4-8-13(11)12;;;;;;/h1-9H;1H3;3*1H;;1H2/q;;;;;+1;/p-1. The van der Waals surface area contributed by atoms with E-state index < -0.39 is 17.4 Å². The fourth-order valence-electron chi connectivity index (χ4n) is 2.80. The maximum absolute atomic E-state index is 6.83. The molecule has 0 amide bonds. The summed E-state index contributed by atoms with van der Waals surface area (Å²) < 4.78 is 2.85. The van der Waals surface area contributed by atoms with Gasteiger partial charge in [-0.05, 0) is 0 Å². The minimum atomic E-state index is -2.62. The van der Waals surface area contributed by atoms with Crippen molar-refractivity contribution in [3.05, 3.63) is 59.7 Å². The number of fused-ring (bicyclic) bond motifs is 3. The SMILES string of the molecule is Cl.Cl.[CH3][Hf](=[SiH2])([Cl])[CH]1c2ccccc2-c2ccccc21. The Hall–Kier alpha value is 0.397. The van der Waals surface area contributed by atoms with Gasteiger partial charge in [0.05, 0.1) is 0 Å². The molecule has 1 aliphatic carbocycles. The first-order valence-corrected chi connectivity index (χ1v) is 24.3. The summed E-state index contributed by atoms with van der Waals surface area (Å²) in [6.07, 6.45) is 0. The van der Waals surface area contributed by atoms with Crippen LogP contribution in [0.2, 0.25) is 4.68 Å². The van der Waals surface area contributed by atoms with Crippen molar-refractivity contribution in [3.8, 4) is 11.1 Å². The van der Waals surface area contributed by atoms with Crippen molar-refractivity contribution in [2.45, 2.75) is 8.35 Å². The van der Waals surface area contributed by atoms with E-state index in [1.165, 1.54) is 22.3 Å². The molecule has 0 radical (unpaired) electrons.